The zero-order valence-corrected chi connectivity index (χ0v) is 12.3. The summed E-state index contributed by atoms with van der Waals surface area (Å²) in [6.45, 7) is 3.51. The fraction of sp³-hybridized carbons (Fsp3) is 0.833. The molecule has 6 heteroatoms. The number of nitrogens with one attached hydrogen (secondary N) is 2. The van der Waals surface area contributed by atoms with E-state index in [0.29, 0.717) is 18.7 Å². The van der Waals surface area contributed by atoms with Gasteiger partial charge in [-0.2, -0.15) is 12.6 Å². The molecule has 1 unspecified atom stereocenters. The first kappa shape index (κ1) is 17.2. The molecule has 1 atom stereocenters. The molecule has 0 bridgehead atoms. The second kappa shape index (κ2) is 11.3. The van der Waals surface area contributed by atoms with Crippen LogP contribution in [0.25, 0.3) is 0 Å². The highest BCUT2D eigenvalue weighted by Gasteiger charge is 2.11. The molecule has 0 fully saturated rings. The molecule has 0 aromatic rings. The van der Waals surface area contributed by atoms with Crippen LogP contribution in [-0.2, 0) is 4.79 Å². The number of unbranched alkanes of at least 4 members (excludes halogenated alkanes) is 1. The molecule has 1 amide bonds. The average molecular weight is 274 g/mol. The van der Waals surface area contributed by atoms with Gasteiger partial charge in [0.25, 0.3) is 0 Å². The summed E-state index contributed by atoms with van der Waals surface area (Å²) in [6, 6.07) is -0.411. The van der Waals surface area contributed by atoms with Crippen LogP contribution in [0, 0.1) is 0 Å². The van der Waals surface area contributed by atoms with E-state index in [0.717, 1.165) is 31.6 Å². The van der Waals surface area contributed by atoms with Gasteiger partial charge in [-0.05, 0) is 19.8 Å². The molecule has 0 spiro atoms. The molecular weight excluding hydrogens is 248 g/mol. The molecule has 0 rings (SSSR count). The summed E-state index contributed by atoms with van der Waals surface area (Å²) >= 11 is 4.03. The molecule has 4 N–H and O–H groups in total. The predicted molar refractivity (Wildman–Crippen MR) is 80.3 cm³/mol. The van der Waals surface area contributed by atoms with Crippen LogP contribution < -0.4 is 16.4 Å². The highest BCUT2D eigenvalue weighted by molar-refractivity contribution is 7.80. The second-order valence-corrected chi connectivity index (χ2v) is 4.51. The van der Waals surface area contributed by atoms with Gasteiger partial charge in [0.15, 0.2) is 0 Å². The van der Waals surface area contributed by atoms with Crippen LogP contribution in [0.1, 0.15) is 32.6 Å². The van der Waals surface area contributed by atoms with E-state index >= 15 is 0 Å². The fourth-order valence-corrected chi connectivity index (χ4v) is 1.69. The molecule has 0 aromatic carbocycles. The first-order valence-corrected chi connectivity index (χ1v) is 7.12. The van der Waals surface area contributed by atoms with E-state index < -0.39 is 6.04 Å². The highest BCUT2D eigenvalue weighted by atomic mass is 32.1. The number of hydrogen-bond donors (Lipinski definition) is 4. The maximum absolute atomic E-state index is 11.5. The normalized spacial score (nSPS) is 13.2. The predicted octanol–water partition coefficient (Wildman–Crippen LogP) is 0.558. The van der Waals surface area contributed by atoms with Gasteiger partial charge < -0.3 is 16.4 Å². The number of hydrogen-bond acceptors (Lipinski definition) is 4. The Morgan fingerprint density at radius 3 is 2.67 bits per heavy atom. The van der Waals surface area contributed by atoms with Gasteiger partial charge in [-0.25, -0.2) is 0 Å². The largest absolute Gasteiger partial charge is 0.374 e. The zero-order chi connectivity index (χ0) is 13.8. The van der Waals surface area contributed by atoms with Crippen molar-refractivity contribution in [2.75, 3.05) is 25.9 Å². The SMILES string of the molecule is CCNC(CCCCC(N)C(=O)NCCS)=NC. The van der Waals surface area contributed by atoms with Crippen LogP contribution in [0.2, 0.25) is 0 Å². The van der Waals surface area contributed by atoms with Crippen LogP contribution in [0.4, 0.5) is 0 Å². The van der Waals surface area contributed by atoms with Gasteiger partial charge in [0.05, 0.1) is 11.9 Å². The Morgan fingerprint density at radius 2 is 2.11 bits per heavy atom. The average Bonchev–Trinajstić information content (AvgIpc) is 2.39. The van der Waals surface area contributed by atoms with Gasteiger partial charge in [0.2, 0.25) is 5.91 Å². The molecule has 0 saturated carbocycles. The summed E-state index contributed by atoms with van der Waals surface area (Å²) in [6.07, 6.45) is 3.55. The highest BCUT2D eigenvalue weighted by Crippen LogP contribution is 2.03. The van der Waals surface area contributed by atoms with Gasteiger partial charge in [-0.15, -0.1) is 0 Å². The van der Waals surface area contributed by atoms with Gasteiger partial charge in [-0.1, -0.05) is 6.42 Å². The second-order valence-electron chi connectivity index (χ2n) is 4.07. The number of thiol groups is 1. The zero-order valence-electron chi connectivity index (χ0n) is 11.4. The van der Waals surface area contributed by atoms with Crippen molar-refractivity contribution in [3.05, 3.63) is 0 Å². The summed E-state index contributed by atoms with van der Waals surface area (Å²) in [5.74, 6) is 1.57. The third-order valence-corrected chi connectivity index (χ3v) is 2.80. The van der Waals surface area contributed by atoms with Crippen LogP contribution >= 0.6 is 12.6 Å². The Labute approximate surface area is 115 Å². The van der Waals surface area contributed by atoms with E-state index in [2.05, 4.69) is 28.3 Å². The van der Waals surface area contributed by atoms with Crippen molar-refractivity contribution in [3.63, 3.8) is 0 Å². The smallest absolute Gasteiger partial charge is 0.236 e. The molecule has 0 aliphatic heterocycles. The number of nitrogens with zero attached hydrogens (tertiary/aromatic N) is 1. The Kier molecular flexibility index (Phi) is 10.9. The Morgan fingerprint density at radius 1 is 1.39 bits per heavy atom. The molecule has 0 radical (unpaired) electrons. The van der Waals surface area contributed by atoms with Gasteiger partial charge in [0.1, 0.15) is 0 Å². The van der Waals surface area contributed by atoms with Crippen molar-refractivity contribution in [2.45, 2.75) is 38.6 Å². The van der Waals surface area contributed by atoms with Crippen LogP contribution in [-0.4, -0.2) is 43.7 Å². The molecule has 0 saturated heterocycles. The monoisotopic (exact) mass is 274 g/mol. The fourth-order valence-electron chi connectivity index (χ4n) is 1.58. The summed E-state index contributed by atoms with van der Waals surface area (Å²) in [7, 11) is 1.79. The molecule has 0 aromatic heterocycles. The van der Waals surface area contributed by atoms with E-state index in [1.54, 1.807) is 7.05 Å². The molecule has 0 heterocycles. The van der Waals surface area contributed by atoms with Gasteiger partial charge in [0, 0.05) is 32.3 Å². The van der Waals surface area contributed by atoms with Gasteiger partial charge in [-0.3, -0.25) is 9.79 Å². The third kappa shape index (κ3) is 8.36. The number of amides is 1. The van der Waals surface area contributed by atoms with Crippen molar-refractivity contribution in [1.82, 2.24) is 10.6 Å². The number of aliphatic imine (C=N–C) groups is 1. The summed E-state index contributed by atoms with van der Waals surface area (Å²) in [4.78, 5) is 15.6. The Bertz CT molecular complexity index is 258. The number of carbonyl (C=O) groups excluding carboxylic acids is 1. The summed E-state index contributed by atoms with van der Waals surface area (Å²) < 4.78 is 0. The van der Waals surface area contributed by atoms with E-state index in [1.165, 1.54) is 0 Å². The number of amidine groups is 1. The van der Waals surface area contributed by atoms with Crippen molar-refractivity contribution in [2.24, 2.45) is 10.7 Å². The minimum atomic E-state index is -0.411. The van der Waals surface area contributed by atoms with Crippen molar-refractivity contribution >= 4 is 24.4 Å². The molecule has 106 valence electrons. The van der Waals surface area contributed by atoms with Crippen LogP contribution in [0.3, 0.4) is 0 Å². The third-order valence-electron chi connectivity index (χ3n) is 2.58. The lowest BCUT2D eigenvalue weighted by Gasteiger charge is -2.12. The van der Waals surface area contributed by atoms with Crippen molar-refractivity contribution < 1.29 is 4.79 Å². The van der Waals surface area contributed by atoms with E-state index in [1.807, 2.05) is 6.92 Å². The topological polar surface area (TPSA) is 79.5 Å². The molecule has 5 nitrogen and oxygen atoms in total. The molecule has 18 heavy (non-hydrogen) atoms. The minimum Gasteiger partial charge on any atom is -0.374 e. The summed E-state index contributed by atoms with van der Waals surface area (Å²) in [5.41, 5.74) is 5.78. The van der Waals surface area contributed by atoms with E-state index in [4.69, 9.17) is 5.73 Å². The first-order valence-electron chi connectivity index (χ1n) is 6.49. The minimum absolute atomic E-state index is 0.0832. The molecule has 0 aliphatic rings. The van der Waals surface area contributed by atoms with Gasteiger partial charge >= 0.3 is 0 Å². The number of rotatable bonds is 9. The number of carbonyl (C=O) groups is 1. The maximum Gasteiger partial charge on any atom is 0.236 e. The van der Waals surface area contributed by atoms with Crippen molar-refractivity contribution in [3.8, 4) is 0 Å². The number of nitrogens with two attached hydrogens (primary N) is 1. The Hall–Kier alpha value is -0.750. The van der Waals surface area contributed by atoms with Crippen molar-refractivity contribution in [1.29, 1.82) is 0 Å². The maximum atomic E-state index is 11.5. The quantitative estimate of drug-likeness (QED) is 0.215. The Balaban J connectivity index is 3.67. The van der Waals surface area contributed by atoms with E-state index in [-0.39, 0.29) is 5.91 Å². The van der Waals surface area contributed by atoms with Crippen LogP contribution in [0.15, 0.2) is 4.99 Å². The molecular formula is C12H26N4OS. The lowest BCUT2D eigenvalue weighted by molar-refractivity contribution is -0.122. The lowest BCUT2D eigenvalue weighted by Crippen LogP contribution is -2.41. The first-order chi connectivity index (χ1) is 8.65. The molecule has 0 aliphatic carbocycles. The standard InChI is InChI=1S/C12H26N4OS/c1-3-15-11(14-2)7-5-4-6-10(13)12(17)16-8-9-18/h10,18H,3-9,13H2,1-2H3,(H,14,15)(H,16,17). The van der Waals surface area contributed by atoms with E-state index in [9.17, 15) is 4.79 Å². The van der Waals surface area contributed by atoms with Crippen LogP contribution in [0.5, 0.6) is 0 Å². The summed E-state index contributed by atoms with van der Waals surface area (Å²) in [5, 5.41) is 5.94. The lowest BCUT2D eigenvalue weighted by atomic mass is 10.1.